The largest absolute Gasteiger partial charge is 0.414 e. The predicted octanol–water partition coefficient (Wildman–Crippen LogP) is 4.26. The molecule has 1 aliphatic heterocycles. The maximum Gasteiger partial charge on any atom is 0.277 e. The van der Waals surface area contributed by atoms with Crippen molar-refractivity contribution in [1.29, 1.82) is 0 Å². The summed E-state index contributed by atoms with van der Waals surface area (Å²) in [5, 5.41) is 12.3. The smallest absolute Gasteiger partial charge is 0.277 e. The van der Waals surface area contributed by atoms with Gasteiger partial charge in [0.05, 0.1) is 12.2 Å². The summed E-state index contributed by atoms with van der Waals surface area (Å²) < 4.78 is 5.63. The molecule has 134 valence electrons. The topological polar surface area (TPSA) is 72.1 Å². The monoisotopic (exact) mass is 406 g/mol. The summed E-state index contributed by atoms with van der Waals surface area (Å²) in [5.74, 6) is 1.27. The van der Waals surface area contributed by atoms with Gasteiger partial charge in [0.25, 0.3) is 5.22 Å². The number of halogens is 1. The maximum absolute atomic E-state index is 11.7. The molecule has 1 saturated heterocycles. The zero-order chi connectivity index (χ0) is 17.9. The molecule has 1 aromatic carbocycles. The summed E-state index contributed by atoms with van der Waals surface area (Å²) in [7, 11) is 0. The minimum absolute atomic E-state index is 0.148. The molecule has 26 heavy (non-hydrogen) atoms. The minimum atomic E-state index is 0.148. The number of aromatic nitrogens is 3. The average molecular weight is 407 g/mol. The van der Waals surface area contributed by atoms with Crippen molar-refractivity contribution in [3.8, 4) is 10.6 Å². The van der Waals surface area contributed by atoms with Gasteiger partial charge >= 0.3 is 0 Å². The van der Waals surface area contributed by atoms with Crippen molar-refractivity contribution >= 4 is 40.6 Å². The van der Waals surface area contributed by atoms with Gasteiger partial charge in [-0.3, -0.25) is 4.79 Å². The molecule has 3 aromatic rings. The van der Waals surface area contributed by atoms with E-state index in [0.717, 1.165) is 29.2 Å². The molecule has 0 radical (unpaired) electrons. The van der Waals surface area contributed by atoms with Crippen LogP contribution in [0.5, 0.6) is 0 Å². The molecule has 4 rings (SSSR count). The fraction of sp³-hybridized carbons (Fsp3) is 0.294. The molecule has 3 heterocycles. The van der Waals surface area contributed by atoms with Gasteiger partial charge in [0.2, 0.25) is 11.8 Å². The van der Waals surface area contributed by atoms with Crippen molar-refractivity contribution in [3.63, 3.8) is 0 Å². The molecule has 0 atom stereocenters. The number of amides is 1. The number of hydrogen-bond donors (Lipinski definition) is 0. The van der Waals surface area contributed by atoms with Crippen LogP contribution in [-0.4, -0.2) is 32.5 Å². The second kappa shape index (κ2) is 7.77. The third kappa shape index (κ3) is 4.08. The number of carbonyl (C=O) groups is 1. The van der Waals surface area contributed by atoms with Crippen LogP contribution in [-0.2, 0) is 17.1 Å². The maximum atomic E-state index is 11.7. The first kappa shape index (κ1) is 17.5. The summed E-state index contributed by atoms with van der Waals surface area (Å²) in [5.41, 5.74) is 2.01. The molecular weight excluding hydrogens is 392 g/mol. The normalized spacial score (nSPS) is 14.3. The summed E-state index contributed by atoms with van der Waals surface area (Å²) in [4.78, 5) is 18.0. The first-order valence-electron chi connectivity index (χ1n) is 8.11. The summed E-state index contributed by atoms with van der Waals surface area (Å²) in [6, 6.07) is 7.64. The van der Waals surface area contributed by atoms with Crippen LogP contribution in [0.25, 0.3) is 10.6 Å². The number of rotatable bonds is 6. The number of benzene rings is 1. The second-order valence-electron chi connectivity index (χ2n) is 5.82. The van der Waals surface area contributed by atoms with Gasteiger partial charge in [-0.1, -0.05) is 35.5 Å². The van der Waals surface area contributed by atoms with Gasteiger partial charge in [-0.25, -0.2) is 4.98 Å². The Labute approximate surface area is 163 Å². The molecule has 1 amide bonds. The quantitative estimate of drug-likeness (QED) is 0.569. The number of carbonyl (C=O) groups excluding carboxylic acids is 1. The molecule has 2 aromatic heterocycles. The van der Waals surface area contributed by atoms with Gasteiger partial charge in [0, 0.05) is 34.7 Å². The molecule has 1 aliphatic rings. The van der Waals surface area contributed by atoms with E-state index in [1.54, 1.807) is 16.2 Å². The van der Waals surface area contributed by atoms with Gasteiger partial charge in [-0.2, -0.15) is 0 Å². The highest BCUT2D eigenvalue weighted by atomic mass is 35.5. The van der Waals surface area contributed by atoms with Crippen molar-refractivity contribution in [2.75, 3.05) is 6.54 Å². The Morgan fingerprint density at radius 3 is 2.88 bits per heavy atom. The van der Waals surface area contributed by atoms with Crippen LogP contribution in [0.3, 0.4) is 0 Å². The van der Waals surface area contributed by atoms with E-state index in [1.165, 1.54) is 11.8 Å². The first-order valence-corrected chi connectivity index (χ1v) is 10.3. The summed E-state index contributed by atoms with van der Waals surface area (Å²) in [6.07, 6.45) is 1.50. The van der Waals surface area contributed by atoms with Crippen molar-refractivity contribution in [2.45, 2.75) is 30.4 Å². The predicted molar refractivity (Wildman–Crippen MR) is 101 cm³/mol. The first-order chi connectivity index (χ1) is 12.7. The van der Waals surface area contributed by atoms with Gasteiger partial charge in [0.1, 0.15) is 5.01 Å². The third-order valence-electron chi connectivity index (χ3n) is 3.93. The number of nitrogens with zero attached hydrogens (tertiary/aromatic N) is 4. The summed E-state index contributed by atoms with van der Waals surface area (Å²) >= 11 is 8.96. The van der Waals surface area contributed by atoms with Crippen LogP contribution >= 0.6 is 34.7 Å². The lowest BCUT2D eigenvalue weighted by molar-refractivity contribution is -0.128. The van der Waals surface area contributed by atoms with E-state index in [-0.39, 0.29) is 5.91 Å². The highest BCUT2D eigenvalue weighted by molar-refractivity contribution is 7.98. The fourth-order valence-corrected chi connectivity index (χ4v) is 4.36. The molecule has 9 heteroatoms. The van der Waals surface area contributed by atoms with E-state index in [2.05, 4.69) is 15.2 Å². The van der Waals surface area contributed by atoms with E-state index < -0.39 is 0 Å². The van der Waals surface area contributed by atoms with Crippen LogP contribution < -0.4 is 0 Å². The minimum Gasteiger partial charge on any atom is -0.414 e. The lowest BCUT2D eigenvalue weighted by Crippen LogP contribution is -2.23. The van der Waals surface area contributed by atoms with Gasteiger partial charge in [-0.05, 0) is 18.6 Å². The molecule has 6 nitrogen and oxygen atoms in total. The lowest BCUT2D eigenvalue weighted by atomic mass is 10.2. The average Bonchev–Trinajstić information content (AvgIpc) is 3.37. The molecule has 0 saturated carbocycles. The molecule has 0 unspecified atom stereocenters. The SMILES string of the molecule is O=C1CCCN1Cc1nnc(SCc2csc(-c3ccc(Cl)cc3)n2)o1. The van der Waals surface area contributed by atoms with Crippen molar-refractivity contribution in [3.05, 3.63) is 46.3 Å². The fourth-order valence-electron chi connectivity index (χ4n) is 2.63. The standard InChI is InChI=1S/C17H15ClN4O2S2/c18-12-5-3-11(4-6-12)16-19-13(9-25-16)10-26-17-21-20-14(24-17)8-22-7-1-2-15(22)23/h3-6,9H,1-2,7-8,10H2. The van der Waals surface area contributed by atoms with Gasteiger partial charge in [0.15, 0.2) is 0 Å². The van der Waals surface area contributed by atoms with Crippen molar-refractivity contribution < 1.29 is 9.21 Å². The van der Waals surface area contributed by atoms with Crippen LogP contribution in [0.1, 0.15) is 24.4 Å². The molecule has 0 spiro atoms. The Bertz CT molecular complexity index is 910. The Morgan fingerprint density at radius 2 is 2.12 bits per heavy atom. The zero-order valence-corrected chi connectivity index (χ0v) is 16.1. The van der Waals surface area contributed by atoms with E-state index in [1.807, 2.05) is 29.6 Å². The Kier molecular flexibility index (Phi) is 5.23. The highest BCUT2D eigenvalue weighted by Crippen LogP contribution is 2.28. The zero-order valence-electron chi connectivity index (χ0n) is 13.7. The Balaban J connectivity index is 1.34. The lowest BCUT2D eigenvalue weighted by Gasteiger charge is -2.11. The molecule has 0 aliphatic carbocycles. The van der Waals surface area contributed by atoms with E-state index >= 15 is 0 Å². The van der Waals surface area contributed by atoms with Crippen LogP contribution in [0.15, 0.2) is 39.3 Å². The molecule has 0 bridgehead atoms. The van der Waals surface area contributed by atoms with Crippen LogP contribution in [0.4, 0.5) is 0 Å². The second-order valence-corrected chi connectivity index (χ2v) is 8.04. The number of likely N-dealkylation sites (tertiary alicyclic amines) is 1. The highest BCUT2D eigenvalue weighted by Gasteiger charge is 2.22. The van der Waals surface area contributed by atoms with Gasteiger partial charge in [-0.15, -0.1) is 21.5 Å². The van der Waals surface area contributed by atoms with Crippen LogP contribution in [0, 0.1) is 0 Å². The number of thiazole rings is 1. The van der Waals surface area contributed by atoms with Crippen molar-refractivity contribution in [2.24, 2.45) is 0 Å². The van der Waals surface area contributed by atoms with E-state index in [0.29, 0.717) is 34.9 Å². The summed E-state index contributed by atoms with van der Waals surface area (Å²) in [6.45, 7) is 1.15. The Morgan fingerprint density at radius 1 is 1.27 bits per heavy atom. The molecule has 1 fully saturated rings. The third-order valence-corrected chi connectivity index (χ3v) is 5.98. The molecular formula is C17H15ClN4O2S2. The van der Waals surface area contributed by atoms with E-state index in [9.17, 15) is 4.79 Å². The van der Waals surface area contributed by atoms with Crippen LogP contribution in [0.2, 0.25) is 5.02 Å². The van der Waals surface area contributed by atoms with Crippen molar-refractivity contribution in [1.82, 2.24) is 20.1 Å². The van der Waals surface area contributed by atoms with Gasteiger partial charge < -0.3 is 9.32 Å². The molecule has 0 N–H and O–H groups in total. The number of thioether (sulfide) groups is 1. The van der Waals surface area contributed by atoms with E-state index in [4.69, 9.17) is 16.0 Å². The Hall–Kier alpha value is -1.90. The number of hydrogen-bond acceptors (Lipinski definition) is 7.